The number of nitrogens with one attached hydrogen (secondary N) is 1. The first kappa shape index (κ1) is 23.1. The second kappa shape index (κ2) is 12.5. The van der Waals surface area contributed by atoms with E-state index in [1.165, 1.54) is 18.9 Å². The Bertz CT molecular complexity index is 550. The largest absolute Gasteiger partial charge is 0.383 e. The summed E-state index contributed by atoms with van der Waals surface area (Å²) >= 11 is 0. The lowest BCUT2D eigenvalue weighted by Crippen LogP contribution is -2.43. The minimum Gasteiger partial charge on any atom is -0.383 e. The van der Waals surface area contributed by atoms with Gasteiger partial charge in [0, 0.05) is 40.8 Å². The van der Waals surface area contributed by atoms with E-state index in [-0.39, 0.29) is 29.8 Å². The molecule has 1 N–H and O–H groups in total. The SMILES string of the molecule is CN=C(NCC1CCN(CCOC)CC1)N(C)Cc1cccc(F)c1.I. The van der Waals surface area contributed by atoms with Crippen molar-refractivity contribution in [2.45, 2.75) is 19.4 Å². The summed E-state index contributed by atoms with van der Waals surface area (Å²) in [5.74, 6) is 1.32. The number of benzene rings is 1. The van der Waals surface area contributed by atoms with Gasteiger partial charge in [0.15, 0.2) is 5.96 Å². The van der Waals surface area contributed by atoms with E-state index in [1.807, 2.05) is 18.0 Å². The first-order valence-corrected chi connectivity index (χ1v) is 9.00. The quantitative estimate of drug-likeness (QED) is 0.372. The summed E-state index contributed by atoms with van der Waals surface area (Å²) in [6.07, 6.45) is 2.39. The summed E-state index contributed by atoms with van der Waals surface area (Å²) in [7, 11) is 5.52. The maximum absolute atomic E-state index is 13.3. The van der Waals surface area contributed by atoms with Gasteiger partial charge >= 0.3 is 0 Å². The zero-order valence-corrected chi connectivity index (χ0v) is 18.4. The number of piperidine rings is 1. The van der Waals surface area contributed by atoms with Crippen molar-refractivity contribution >= 4 is 29.9 Å². The molecule has 26 heavy (non-hydrogen) atoms. The minimum atomic E-state index is -0.200. The highest BCUT2D eigenvalue weighted by molar-refractivity contribution is 14.0. The number of guanidine groups is 1. The first-order valence-electron chi connectivity index (χ1n) is 9.00. The summed E-state index contributed by atoms with van der Waals surface area (Å²) in [6.45, 7) is 5.65. The third-order valence-corrected chi connectivity index (χ3v) is 4.75. The predicted octanol–water partition coefficient (Wildman–Crippen LogP) is 2.81. The van der Waals surface area contributed by atoms with Crippen molar-refractivity contribution in [1.82, 2.24) is 15.1 Å². The molecule has 1 saturated heterocycles. The highest BCUT2D eigenvalue weighted by Gasteiger charge is 2.19. The zero-order chi connectivity index (χ0) is 18.1. The van der Waals surface area contributed by atoms with Gasteiger partial charge in [-0.2, -0.15) is 0 Å². The van der Waals surface area contributed by atoms with Crippen molar-refractivity contribution in [3.63, 3.8) is 0 Å². The van der Waals surface area contributed by atoms with Crippen LogP contribution in [0.2, 0.25) is 0 Å². The monoisotopic (exact) mass is 478 g/mol. The average Bonchev–Trinajstić information content (AvgIpc) is 2.61. The van der Waals surface area contributed by atoms with Crippen LogP contribution in [0.25, 0.3) is 0 Å². The molecule has 2 rings (SSSR count). The molecule has 0 aromatic heterocycles. The molecule has 0 saturated carbocycles. The smallest absolute Gasteiger partial charge is 0.193 e. The number of halogens is 2. The van der Waals surface area contributed by atoms with Gasteiger partial charge in [-0.25, -0.2) is 4.39 Å². The zero-order valence-electron chi connectivity index (χ0n) is 16.1. The van der Waals surface area contributed by atoms with Crippen LogP contribution in [0, 0.1) is 11.7 Å². The highest BCUT2D eigenvalue weighted by Crippen LogP contribution is 2.16. The van der Waals surface area contributed by atoms with Crippen LogP contribution in [-0.2, 0) is 11.3 Å². The molecular weight excluding hydrogens is 446 g/mol. The Balaban J connectivity index is 0.00000338. The Labute approximate surface area is 174 Å². The fourth-order valence-electron chi connectivity index (χ4n) is 3.24. The van der Waals surface area contributed by atoms with Gasteiger partial charge in [-0.05, 0) is 49.5 Å². The Kier molecular flexibility index (Phi) is 11.1. The van der Waals surface area contributed by atoms with E-state index in [0.717, 1.165) is 44.3 Å². The van der Waals surface area contributed by atoms with Gasteiger partial charge in [-0.1, -0.05) is 12.1 Å². The van der Waals surface area contributed by atoms with Crippen LogP contribution in [0.3, 0.4) is 0 Å². The maximum atomic E-state index is 13.3. The number of aliphatic imine (C=N–C) groups is 1. The Morgan fingerprint density at radius 3 is 2.73 bits per heavy atom. The molecule has 1 aromatic carbocycles. The Morgan fingerprint density at radius 2 is 2.12 bits per heavy atom. The van der Waals surface area contributed by atoms with E-state index in [2.05, 4.69) is 15.2 Å². The lowest BCUT2D eigenvalue weighted by Gasteiger charge is -2.32. The number of ether oxygens (including phenoxy) is 1. The van der Waals surface area contributed by atoms with Crippen molar-refractivity contribution in [2.75, 3.05) is 54.0 Å². The Hall–Kier alpha value is -0.930. The number of rotatable bonds is 7. The number of hydrogen-bond acceptors (Lipinski definition) is 3. The van der Waals surface area contributed by atoms with Crippen molar-refractivity contribution in [3.05, 3.63) is 35.6 Å². The van der Waals surface area contributed by atoms with Crippen LogP contribution in [0.5, 0.6) is 0 Å². The number of methoxy groups -OCH3 is 1. The summed E-state index contributed by atoms with van der Waals surface area (Å²) in [4.78, 5) is 8.85. The number of likely N-dealkylation sites (tertiary alicyclic amines) is 1. The second-order valence-corrected chi connectivity index (χ2v) is 6.69. The van der Waals surface area contributed by atoms with Gasteiger partial charge in [0.1, 0.15) is 5.82 Å². The molecule has 1 aliphatic heterocycles. The highest BCUT2D eigenvalue weighted by atomic mass is 127. The minimum absolute atomic E-state index is 0. The van der Waals surface area contributed by atoms with Crippen LogP contribution in [0.4, 0.5) is 4.39 Å². The van der Waals surface area contributed by atoms with Gasteiger partial charge < -0.3 is 19.9 Å². The molecule has 0 aliphatic carbocycles. The third-order valence-electron chi connectivity index (χ3n) is 4.75. The van der Waals surface area contributed by atoms with Gasteiger partial charge in [0.2, 0.25) is 0 Å². The van der Waals surface area contributed by atoms with E-state index in [1.54, 1.807) is 26.3 Å². The third kappa shape index (κ3) is 7.75. The number of nitrogens with zero attached hydrogens (tertiary/aromatic N) is 3. The summed E-state index contributed by atoms with van der Waals surface area (Å²) < 4.78 is 18.5. The molecule has 7 heteroatoms. The fraction of sp³-hybridized carbons (Fsp3) is 0.632. The predicted molar refractivity (Wildman–Crippen MR) is 116 cm³/mol. The molecule has 1 fully saturated rings. The van der Waals surface area contributed by atoms with Crippen LogP contribution in [0.15, 0.2) is 29.3 Å². The van der Waals surface area contributed by atoms with E-state index in [0.29, 0.717) is 12.5 Å². The van der Waals surface area contributed by atoms with E-state index in [4.69, 9.17) is 4.74 Å². The van der Waals surface area contributed by atoms with Crippen LogP contribution < -0.4 is 5.32 Å². The van der Waals surface area contributed by atoms with Gasteiger partial charge in [0.05, 0.1) is 6.61 Å². The molecule has 5 nitrogen and oxygen atoms in total. The average molecular weight is 478 g/mol. The molecule has 148 valence electrons. The topological polar surface area (TPSA) is 40.1 Å². The molecule has 0 unspecified atom stereocenters. The van der Waals surface area contributed by atoms with Crippen molar-refractivity contribution in [1.29, 1.82) is 0 Å². The van der Waals surface area contributed by atoms with Crippen molar-refractivity contribution in [2.24, 2.45) is 10.9 Å². The molecule has 1 aliphatic rings. The van der Waals surface area contributed by atoms with Crippen LogP contribution in [-0.4, -0.2) is 69.8 Å². The van der Waals surface area contributed by atoms with Gasteiger partial charge in [-0.3, -0.25) is 4.99 Å². The molecule has 1 aromatic rings. The van der Waals surface area contributed by atoms with Gasteiger partial charge in [0.25, 0.3) is 0 Å². The molecule has 0 bridgehead atoms. The van der Waals surface area contributed by atoms with E-state index in [9.17, 15) is 4.39 Å². The van der Waals surface area contributed by atoms with Crippen molar-refractivity contribution < 1.29 is 9.13 Å². The normalized spacial score (nSPS) is 16.2. The van der Waals surface area contributed by atoms with Gasteiger partial charge in [-0.15, -0.1) is 24.0 Å². The standard InChI is InChI=1S/C19H31FN4O.HI/c1-21-19(23(2)15-17-5-4-6-18(20)13-17)22-14-16-7-9-24(10-8-16)11-12-25-3;/h4-6,13,16H,7-12,14-15H2,1-3H3,(H,21,22);1H. The van der Waals surface area contributed by atoms with E-state index < -0.39 is 0 Å². The Morgan fingerprint density at radius 1 is 1.38 bits per heavy atom. The molecule has 0 atom stereocenters. The molecule has 0 spiro atoms. The molecular formula is C19H32FIN4O. The summed E-state index contributed by atoms with van der Waals surface area (Å²) in [5.41, 5.74) is 0.942. The fourth-order valence-corrected chi connectivity index (χ4v) is 3.24. The molecule has 0 radical (unpaired) electrons. The summed E-state index contributed by atoms with van der Waals surface area (Å²) in [6, 6.07) is 6.71. The maximum Gasteiger partial charge on any atom is 0.193 e. The first-order chi connectivity index (χ1) is 12.1. The summed E-state index contributed by atoms with van der Waals surface area (Å²) in [5, 5.41) is 3.47. The van der Waals surface area contributed by atoms with E-state index >= 15 is 0 Å². The van der Waals surface area contributed by atoms with Crippen LogP contribution in [0.1, 0.15) is 18.4 Å². The lowest BCUT2D eigenvalue weighted by molar-refractivity contribution is 0.120. The second-order valence-electron chi connectivity index (χ2n) is 6.69. The lowest BCUT2D eigenvalue weighted by atomic mass is 9.97. The molecule has 1 heterocycles. The number of hydrogen-bond donors (Lipinski definition) is 1. The van der Waals surface area contributed by atoms with Crippen molar-refractivity contribution in [3.8, 4) is 0 Å². The molecule has 0 amide bonds. The van der Waals surface area contributed by atoms with Crippen LogP contribution >= 0.6 is 24.0 Å².